The first-order valence-electron chi connectivity index (χ1n) is 7.77. The maximum absolute atomic E-state index is 12.3. The van der Waals surface area contributed by atoms with Crippen molar-refractivity contribution < 1.29 is 28.7 Å². The van der Waals surface area contributed by atoms with Crippen LogP contribution < -0.4 is 14.8 Å². The predicted molar refractivity (Wildman–Crippen MR) is 96.3 cm³/mol. The largest absolute Gasteiger partial charge is 0.493 e. The number of carbonyl (C=O) groups is 2. The van der Waals surface area contributed by atoms with Crippen LogP contribution in [0.5, 0.6) is 11.5 Å². The van der Waals surface area contributed by atoms with Crippen LogP contribution in [0.4, 0.5) is 11.4 Å². The van der Waals surface area contributed by atoms with E-state index in [0.717, 1.165) is 12.1 Å². The molecule has 0 aliphatic heterocycles. The van der Waals surface area contributed by atoms with Gasteiger partial charge in [-0.3, -0.25) is 14.9 Å². The smallest absolute Gasteiger partial charge is 0.345 e. The lowest BCUT2D eigenvalue weighted by Gasteiger charge is -2.11. The van der Waals surface area contributed by atoms with Gasteiger partial charge in [-0.15, -0.1) is 0 Å². The summed E-state index contributed by atoms with van der Waals surface area (Å²) in [4.78, 5) is 34.7. The SMILES string of the molecule is COc1cc(C(=O)OCC(=O)Nc2ccccc2C#N)c([N+](=O)[O-])cc1OC. The van der Waals surface area contributed by atoms with Crippen LogP contribution in [-0.4, -0.2) is 37.6 Å². The Balaban J connectivity index is 2.15. The van der Waals surface area contributed by atoms with E-state index in [1.807, 2.05) is 6.07 Å². The van der Waals surface area contributed by atoms with Gasteiger partial charge in [-0.1, -0.05) is 12.1 Å². The lowest BCUT2D eigenvalue weighted by atomic mass is 10.1. The Morgan fingerprint density at radius 2 is 1.82 bits per heavy atom. The molecule has 2 aromatic carbocycles. The molecule has 0 aliphatic rings. The zero-order chi connectivity index (χ0) is 20.7. The molecular weight excluding hydrogens is 370 g/mol. The van der Waals surface area contributed by atoms with Gasteiger partial charge in [-0.2, -0.15) is 5.26 Å². The van der Waals surface area contributed by atoms with Crippen LogP contribution in [0.25, 0.3) is 0 Å². The van der Waals surface area contributed by atoms with Gasteiger partial charge in [0.2, 0.25) is 0 Å². The molecule has 2 aromatic rings. The Bertz CT molecular complexity index is 966. The third kappa shape index (κ3) is 4.53. The van der Waals surface area contributed by atoms with Gasteiger partial charge in [-0.25, -0.2) is 4.79 Å². The molecule has 0 aromatic heterocycles. The minimum atomic E-state index is -1.09. The molecule has 28 heavy (non-hydrogen) atoms. The van der Waals surface area contributed by atoms with Gasteiger partial charge in [0.25, 0.3) is 11.6 Å². The van der Waals surface area contributed by atoms with E-state index in [2.05, 4.69) is 5.32 Å². The van der Waals surface area contributed by atoms with E-state index in [1.54, 1.807) is 12.1 Å². The van der Waals surface area contributed by atoms with E-state index in [9.17, 15) is 19.7 Å². The number of esters is 1. The van der Waals surface area contributed by atoms with Crippen LogP contribution in [0.1, 0.15) is 15.9 Å². The van der Waals surface area contributed by atoms with Gasteiger partial charge in [0.15, 0.2) is 18.1 Å². The van der Waals surface area contributed by atoms with Crippen molar-refractivity contribution in [3.05, 3.63) is 57.6 Å². The summed E-state index contributed by atoms with van der Waals surface area (Å²) >= 11 is 0. The summed E-state index contributed by atoms with van der Waals surface area (Å²) in [6.45, 7) is -0.704. The summed E-state index contributed by atoms with van der Waals surface area (Å²) in [6, 6.07) is 10.3. The molecule has 0 fully saturated rings. The molecule has 144 valence electrons. The number of nitro benzene ring substituents is 1. The first-order valence-corrected chi connectivity index (χ1v) is 7.77. The maximum Gasteiger partial charge on any atom is 0.345 e. The van der Waals surface area contributed by atoms with Crippen molar-refractivity contribution in [2.75, 3.05) is 26.1 Å². The van der Waals surface area contributed by atoms with Gasteiger partial charge in [0.05, 0.1) is 36.5 Å². The average molecular weight is 385 g/mol. The number of nitrogens with one attached hydrogen (secondary N) is 1. The van der Waals surface area contributed by atoms with Crippen molar-refractivity contribution in [2.45, 2.75) is 0 Å². The van der Waals surface area contributed by atoms with Crippen molar-refractivity contribution in [2.24, 2.45) is 0 Å². The van der Waals surface area contributed by atoms with E-state index in [4.69, 9.17) is 19.5 Å². The Kier molecular flexibility index (Phi) is 6.49. The number of nitrogens with zero attached hydrogens (tertiary/aromatic N) is 2. The highest BCUT2D eigenvalue weighted by Gasteiger charge is 2.26. The number of nitro groups is 1. The highest BCUT2D eigenvalue weighted by molar-refractivity contribution is 5.98. The zero-order valence-electron chi connectivity index (χ0n) is 14.9. The van der Waals surface area contributed by atoms with Crippen molar-refractivity contribution in [3.63, 3.8) is 0 Å². The molecule has 1 amide bonds. The second-order valence-electron chi connectivity index (χ2n) is 5.26. The standard InChI is InChI=1S/C18H15N3O7/c1-26-15-7-12(14(21(24)25)8-16(15)27-2)18(23)28-10-17(22)20-13-6-4-3-5-11(13)9-19/h3-8H,10H2,1-2H3,(H,20,22). The highest BCUT2D eigenvalue weighted by Crippen LogP contribution is 2.34. The number of nitriles is 1. The second-order valence-corrected chi connectivity index (χ2v) is 5.26. The lowest BCUT2D eigenvalue weighted by Crippen LogP contribution is -2.21. The van der Waals surface area contributed by atoms with Crippen LogP contribution in [0.15, 0.2) is 36.4 Å². The van der Waals surface area contributed by atoms with Crippen LogP contribution in [0, 0.1) is 21.4 Å². The molecule has 0 radical (unpaired) electrons. The Labute approximate surface area is 159 Å². The number of ether oxygens (including phenoxy) is 3. The molecule has 0 saturated carbocycles. The first-order chi connectivity index (χ1) is 13.4. The first kappa shape index (κ1) is 20.2. The Morgan fingerprint density at radius 3 is 2.43 bits per heavy atom. The van der Waals surface area contributed by atoms with Gasteiger partial charge in [0.1, 0.15) is 11.6 Å². The number of carbonyl (C=O) groups excluding carboxylic acids is 2. The fourth-order valence-corrected chi connectivity index (χ4v) is 2.27. The van der Waals surface area contributed by atoms with E-state index in [-0.39, 0.29) is 22.7 Å². The van der Waals surface area contributed by atoms with Crippen molar-refractivity contribution in [1.82, 2.24) is 0 Å². The molecule has 0 saturated heterocycles. The van der Waals surface area contributed by atoms with Crippen LogP contribution in [0.3, 0.4) is 0 Å². The lowest BCUT2D eigenvalue weighted by molar-refractivity contribution is -0.385. The number of benzene rings is 2. The topological polar surface area (TPSA) is 141 Å². The van der Waals surface area contributed by atoms with Gasteiger partial charge < -0.3 is 19.5 Å². The molecule has 0 heterocycles. The molecule has 0 bridgehead atoms. The van der Waals surface area contributed by atoms with Crippen LogP contribution in [0.2, 0.25) is 0 Å². The van der Waals surface area contributed by atoms with Crippen LogP contribution >= 0.6 is 0 Å². The monoisotopic (exact) mass is 385 g/mol. The minimum absolute atomic E-state index is 0.0663. The normalized spacial score (nSPS) is 9.75. The zero-order valence-corrected chi connectivity index (χ0v) is 14.9. The summed E-state index contributed by atoms with van der Waals surface area (Å²) in [5, 5.41) is 22.7. The summed E-state index contributed by atoms with van der Waals surface area (Å²) in [6.07, 6.45) is 0. The number of hydrogen-bond donors (Lipinski definition) is 1. The molecular formula is C18H15N3O7. The molecule has 0 aliphatic carbocycles. The number of methoxy groups -OCH3 is 2. The summed E-state index contributed by atoms with van der Waals surface area (Å²) in [5.74, 6) is -1.64. The number of amides is 1. The molecule has 10 heteroatoms. The van der Waals surface area contributed by atoms with Crippen LogP contribution in [-0.2, 0) is 9.53 Å². The van der Waals surface area contributed by atoms with E-state index in [1.165, 1.54) is 26.4 Å². The van der Waals surface area contributed by atoms with Crippen molar-refractivity contribution in [3.8, 4) is 17.6 Å². The van der Waals surface area contributed by atoms with Gasteiger partial charge in [0, 0.05) is 6.07 Å². The van der Waals surface area contributed by atoms with E-state index < -0.39 is 34.7 Å². The summed E-state index contributed by atoms with van der Waals surface area (Å²) in [7, 11) is 2.60. The average Bonchev–Trinajstić information content (AvgIpc) is 2.71. The summed E-state index contributed by atoms with van der Waals surface area (Å²) < 4.78 is 14.9. The number of para-hydroxylation sites is 1. The maximum atomic E-state index is 12.3. The molecule has 0 atom stereocenters. The highest BCUT2D eigenvalue weighted by atomic mass is 16.6. The molecule has 0 spiro atoms. The Hall–Kier alpha value is -4.13. The van der Waals surface area contributed by atoms with Crippen molar-refractivity contribution >= 4 is 23.3 Å². The Morgan fingerprint density at radius 1 is 1.18 bits per heavy atom. The quantitative estimate of drug-likeness (QED) is 0.435. The molecule has 1 N–H and O–H groups in total. The molecule has 2 rings (SSSR count). The van der Waals surface area contributed by atoms with Gasteiger partial charge >= 0.3 is 5.97 Å². The fraction of sp³-hybridized carbons (Fsp3) is 0.167. The predicted octanol–water partition coefficient (Wildman–Crippen LogP) is 2.28. The second kappa shape index (κ2) is 9.00. The van der Waals surface area contributed by atoms with Gasteiger partial charge in [-0.05, 0) is 12.1 Å². The minimum Gasteiger partial charge on any atom is -0.493 e. The molecule has 0 unspecified atom stereocenters. The molecule has 10 nitrogen and oxygen atoms in total. The van der Waals surface area contributed by atoms with E-state index >= 15 is 0 Å². The number of anilines is 1. The fourth-order valence-electron chi connectivity index (χ4n) is 2.27. The summed E-state index contributed by atoms with van der Waals surface area (Å²) in [5.41, 5.74) is -0.466. The number of hydrogen-bond acceptors (Lipinski definition) is 8. The third-order valence-corrected chi connectivity index (χ3v) is 3.57. The number of rotatable bonds is 7. The van der Waals surface area contributed by atoms with Crippen molar-refractivity contribution in [1.29, 1.82) is 5.26 Å². The third-order valence-electron chi connectivity index (χ3n) is 3.57. The van der Waals surface area contributed by atoms with E-state index in [0.29, 0.717) is 0 Å².